The first kappa shape index (κ1) is 20.8. The van der Waals surface area contributed by atoms with E-state index < -0.39 is 0 Å². The smallest absolute Gasteiger partial charge is 0.243 e. The van der Waals surface area contributed by atoms with Crippen LogP contribution in [0, 0.1) is 0 Å². The van der Waals surface area contributed by atoms with E-state index in [-0.39, 0.29) is 12.5 Å². The Hall–Kier alpha value is -2.89. The second-order valence-corrected chi connectivity index (χ2v) is 6.88. The minimum Gasteiger partial charge on any atom is -0.490 e. The standard InChI is InChI=1S/C22H20Cl2N2O3/c23-16-10-11-19(18(24)14-16)26-22(27)15-25-20-8-4-5-9-21(20)29-13-12-28-17-6-2-1-3-7-17/h1-11,14,25H,12-13,15H2,(H,26,27). The van der Waals surface area contributed by atoms with Gasteiger partial charge in [0.1, 0.15) is 24.7 Å². The molecule has 3 rings (SSSR count). The average Bonchev–Trinajstić information content (AvgIpc) is 2.73. The zero-order valence-electron chi connectivity index (χ0n) is 15.5. The SMILES string of the molecule is O=C(CNc1ccccc1OCCOc1ccccc1)Nc1ccc(Cl)cc1Cl. The van der Waals surface area contributed by atoms with Crippen LogP contribution in [0.4, 0.5) is 11.4 Å². The maximum atomic E-state index is 12.2. The molecule has 0 aliphatic carbocycles. The lowest BCUT2D eigenvalue weighted by Crippen LogP contribution is -2.22. The molecule has 0 fully saturated rings. The number of amides is 1. The van der Waals surface area contributed by atoms with E-state index in [0.717, 1.165) is 5.75 Å². The second kappa shape index (κ2) is 10.6. The highest BCUT2D eigenvalue weighted by atomic mass is 35.5. The molecule has 29 heavy (non-hydrogen) atoms. The van der Waals surface area contributed by atoms with Gasteiger partial charge in [-0.05, 0) is 42.5 Å². The molecule has 7 heteroatoms. The predicted octanol–water partition coefficient (Wildman–Crippen LogP) is 5.50. The van der Waals surface area contributed by atoms with E-state index in [1.807, 2.05) is 54.6 Å². The maximum Gasteiger partial charge on any atom is 0.243 e. The van der Waals surface area contributed by atoms with Gasteiger partial charge in [-0.15, -0.1) is 0 Å². The van der Waals surface area contributed by atoms with E-state index in [0.29, 0.717) is 40.4 Å². The summed E-state index contributed by atoms with van der Waals surface area (Å²) in [6, 6.07) is 21.8. The van der Waals surface area contributed by atoms with Gasteiger partial charge in [0, 0.05) is 5.02 Å². The Morgan fingerprint density at radius 3 is 2.34 bits per heavy atom. The number of carbonyl (C=O) groups excluding carboxylic acids is 1. The zero-order valence-corrected chi connectivity index (χ0v) is 17.0. The molecule has 0 aromatic heterocycles. The van der Waals surface area contributed by atoms with E-state index in [1.165, 1.54) is 0 Å². The molecule has 3 aromatic rings. The van der Waals surface area contributed by atoms with Gasteiger partial charge in [-0.25, -0.2) is 0 Å². The molecule has 0 saturated carbocycles. The minimum absolute atomic E-state index is 0.0554. The van der Waals surface area contributed by atoms with Crippen LogP contribution in [0.25, 0.3) is 0 Å². The van der Waals surface area contributed by atoms with Gasteiger partial charge in [0.2, 0.25) is 5.91 Å². The topological polar surface area (TPSA) is 59.6 Å². The first-order chi connectivity index (χ1) is 14.1. The van der Waals surface area contributed by atoms with Crippen molar-refractivity contribution in [2.75, 3.05) is 30.4 Å². The van der Waals surface area contributed by atoms with Crippen molar-refractivity contribution in [1.29, 1.82) is 0 Å². The molecule has 0 saturated heterocycles. The summed E-state index contributed by atoms with van der Waals surface area (Å²) < 4.78 is 11.4. The van der Waals surface area contributed by atoms with E-state index in [4.69, 9.17) is 32.7 Å². The number of rotatable bonds is 9. The number of hydrogen-bond donors (Lipinski definition) is 2. The predicted molar refractivity (Wildman–Crippen MR) is 117 cm³/mol. The van der Waals surface area contributed by atoms with Gasteiger partial charge in [0.05, 0.1) is 22.9 Å². The van der Waals surface area contributed by atoms with Crippen molar-refractivity contribution in [3.05, 3.63) is 82.8 Å². The monoisotopic (exact) mass is 430 g/mol. The summed E-state index contributed by atoms with van der Waals surface area (Å²) >= 11 is 11.9. The van der Waals surface area contributed by atoms with Gasteiger partial charge >= 0.3 is 0 Å². The van der Waals surface area contributed by atoms with Gasteiger partial charge < -0.3 is 20.1 Å². The van der Waals surface area contributed by atoms with Crippen molar-refractivity contribution in [2.24, 2.45) is 0 Å². The molecule has 150 valence electrons. The molecule has 0 radical (unpaired) electrons. The van der Waals surface area contributed by atoms with Gasteiger partial charge in [-0.1, -0.05) is 53.5 Å². The third-order valence-corrected chi connectivity index (χ3v) is 4.43. The normalized spacial score (nSPS) is 10.3. The van der Waals surface area contributed by atoms with Gasteiger partial charge in [-0.3, -0.25) is 4.79 Å². The first-order valence-corrected chi connectivity index (χ1v) is 9.76. The van der Waals surface area contributed by atoms with Crippen LogP contribution in [-0.4, -0.2) is 25.7 Å². The Balaban J connectivity index is 1.48. The summed E-state index contributed by atoms with van der Waals surface area (Å²) in [5.74, 6) is 1.19. The van der Waals surface area contributed by atoms with Crippen molar-refractivity contribution >= 4 is 40.5 Å². The minimum atomic E-state index is -0.239. The molecule has 2 N–H and O–H groups in total. The quantitative estimate of drug-likeness (QED) is 0.439. The molecule has 0 unspecified atom stereocenters. The fraction of sp³-hybridized carbons (Fsp3) is 0.136. The number of ether oxygens (including phenoxy) is 2. The van der Waals surface area contributed by atoms with Crippen LogP contribution >= 0.6 is 23.2 Å². The van der Waals surface area contributed by atoms with Crippen molar-refractivity contribution in [1.82, 2.24) is 0 Å². The summed E-state index contributed by atoms with van der Waals surface area (Å²) in [7, 11) is 0. The number of hydrogen-bond acceptors (Lipinski definition) is 4. The van der Waals surface area contributed by atoms with Gasteiger partial charge in [0.25, 0.3) is 0 Å². The van der Waals surface area contributed by atoms with Crippen molar-refractivity contribution in [3.63, 3.8) is 0 Å². The maximum absolute atomic E-state index is 12.2. The van der Waals surface area contributed by atoms with Gasteiger partial charge in [-0.2, -0.15) is 0 Å². The molecule has 0 spiro atoms. The molecule has 0 atom stereocenters. The van der Waals surface area contributed by atoms with E-state index in [1.54, 1.807) is 18.2 Å². The average molecular weight is 431 g/mol. The Morgan fingerprint density at radius 2 is 1.55 bits per heavy atom. The van der Waals surface area contributed by atoms with Crippen LogP contribution < -0.4 is 20.1 Å². The third-order valence-electron chi connectivity index (χ3n) is 3.88. The summed E-state index contributed by atoms with van der Waals surface area (Å²) in [6.45, 7) is 0.841. The highest BCUT2D eigenvalue weighted by molar-refractivity contribution is 6.36. The Kier molecular flexibility index (Phi) is 7.61. The third kappa shape index (κ3) is 6.59. The number of anilines is 2. The number of para-hydroxylation sites is 3. The summed E-state index contributed by atoms with van der Waals surface area (Å²) in [4.78, 5) is 12.2. The molecular weight excluding hydrogens is 411 g/mol. The number of halogens is 2. The largest absolute Gasteiger partial charge is 0.490 e. The summed E-state index contributed by atoms with van der Waals surface area (Å²) in [5, 5.41) is 6.71. The lowest BCUT2D eigenvalue weighted by atomic mass is 10.3. The highest BCUT2D eigenvalue weighted by Gasteiger charge is 2.08. The lowest BCUT2D eigenvalue weighted by molar-refractivity contribution is -0.114. The zero-order chi connectivity index (χ0) is 20.5. The number of nitrogens with one attached hydrogen (secondary N) is 2. The fourth-order valence-corrected chi connectivity index (χ4v) is 2.98. The molecule has 0 aliphatic heterocycles. The van der Waals surface area contributed by atoms with E-state index in [9.17, 15) is 4.79 Å². The lowest BCUT2D eigenvalue weighted by Gasteiger charge is -2.14. The highest BCUT2D eigenvalue weighted by Crippen LogP contribution is 2.26. The molecule has 5 nitrogen and oxygen atoms in total. The molecule has 0 bridgehead atoms. The second-order valence-electron chi connectivity index (χ2n) is 6.03. The van der Waals surface area contributed by atoms with Crippen molar-refractivity contribution < 1.29 is 14.3 Å². The Bertz CT molecular complexity index is 952. The first-order valence-electron chi connectivity index (χ1n) is 9.00. The van der Waals surface area contributed by atoms with Crippen LogP contribution in [0.2, 0.25) is 10.0 Å². The van der Waals surface area contributed by atoms with Crippen LogP contribution in [0.3, 0.4) is 0 Å². The Morgan fingerprint density at radius 1 is 0.828 bits per heavy atom. The summed E-state index contributed by atoms with van der Waals surface area (Å²) in [5.41, 5.74) is 1.22. The van der Waals surface area contributed by atoms with E-state index >= 15 is 0 Å². The van der Waals surface area contributed by atoms with Crippen molar-refractivity contribution in [3.8, 4) is 11.5 Å². The fourth-order valence-electron chi connectivity index (χ4n) is 2.53. The summed E-state index contributed by atoms with van der Waals surface area (Å²) in [6.07, 6.45) is 0. The number of carbonyl (C=O) groups is 1. The van der Waals surface area contributed by atoms with Crippen molar-refractivity contribution in [2.45, 2.75) is 0 Å². The number of benzene rings is 3. The molecule has 3 aromatic carbocycles. The van der Waals surface area contributed by atoms with Crippen LogP contribution in [0.5, 0.6) is 11.5 Å². The molecule has 0 heterocycles. The van der Waals surface area contributed by atoms with Crippen LogP contribution in [0.1, 0.15) is 0 Å². The molecule has 0 aliphatic rings. The van der Waals surface area contributed by atoms with E-state index in [2.05, 4.69) is 10.6 Å². The van der Waals surface area contributed by atoms with Gasteiger partial charge in [0.15, 0.2) is 0 Å². The van der Waals surface area contributed by atoms with Crippen LogP contribution in [0.15, 0.2) is 72.8 Å². The van der Waals surface area contributed by atoms with Crippen LogP contribution in [-0.2, 0) is 4.79 Å². The molecular formula is C22H20Cl2N2O3. The Labute approximate surface area is 179 Å². The molecule has 1 amide bonds.